The molecular weight excluding hydrogens is 242 g/mol. The standard InChI is InChI=1S/C14H21N3O2/c1-16-9-10-17(14(18)13(16)7-8-15)11-3-5-12(19-2)6-4-11/h3-6,13H,7-10,15H2,1-2H3. The van der Waals surface area contributed by atoms with Crippen molar-refractivity contribution in [1.82, 2.24) is 4.90 Å². The zero-order valence-corrected chi connectivity index (χ0v) is 11.5. The first kappa shape index (κ1) is 13.8. The Morgan fingerprint density at radius 2 is 2.00 bits per heavy atom. The first-order chi connectivity index (χ1) is 9.17. The van der Waals surface area contributed by atoms with Gasteiger partial charge in [0.05, 0.1) is 13.2 Å². The largest absolute Gasteiger partial charge is 0.497 e. The molecule has 104 valence electrons. The quantitative estimate of drug-likeness (QED) is 0.868. The summed E-state index contributed by atoms with van der Waals surface area (Å²) < 4.78 is 5.13. The van der Waals surface area contributed by atoms with E-state index in [1.165, 1.54) is 0 Å². The average molecular weight is 263 g/mol. The van der Waals surface area contributed by atoms with Crippen LogP contribution in [0.5, 0.6) is 5.75 Å². The van der Waals surface area contributed by atoms with Crippen LogP contribution in [0.2, 0.25) is 0 Å². The van der Waals surface area contributed by atoms with Crippen LogP contribution in [0.4, 0.5) is 5.69 Å². The number of amides is 1. The molecular formula is C14H21N3O2. The van der Waals surface area contributed by atoms with Crippen molar-refractivity contribution in [3.63, 3.8) is 0 Å². The molecule has 5 nitrogen and oxygen atoms in total. The molecule has 1 aliphatic rings. The van der Waals surface area contributed by atoms with Crippen molar-refractivity contribution in [3.05, 3.63) is 24.3 Å². The molecule has 1 fully saturated rings. The van der Waals surface area contributed by atoms with Crippen LogP contribution in [0.3, 0.4) is 0 Å². The highest BCUT2D eigenvalue weighted by Gasteiger charge is 2.32. The van der Waals surface area contributed by atoms with E-state index in [-0.39, 0.29) is 11.9 Å². The van der Waals surface area contributed by atoms with Crippen LogP contribution in [0.1, 0.15) is 6.42 Å². The number of carbonyl (C=O) groups excluding carboxylic acids is 1. The van der Waals surface area contributed by atoms with Gasteiger partial charge in [-0.3, -0.25) is 9.69 Å². The maximum atomic E-state index is 12.5. The summed E-state index contributed by atoms with van der Waals surface area (Å²) in [5.41, 5.74) is 6.51. The van der Waals surface area contributed by atoms with Gasteiger partial charge in [-0.25, -0.2) is 0 Å². The Balaban J connectivity index is 2.17. The molecule has 1 saturated heterocycles. The highest BCUT2D eigenvalue weighted by atomic mass is 16.5. The molecule has 0 spiro atoms. The first-order valence-electron chi connectivity index (χ1n) is 6.53. The normalized spacial score (nSPS) is 20.7. The zero-order valence-electron chi connectivity index (χ0n) is 11.5. The number of piperazine rings is 1. The summed E-state index contributed by atoms with van der Waals surface area (Å²) in [5.74, 6) is 0.924. The molecule has 1 amide bonds. The van der Waals surface area contributed by atoms with E-state index in [9.17, 15) is 4.79 Å². The molecule has 1 aromatic carbocycles. The molecule has 2 rings (SSSR count). The van der Waals surface area contributed by atoms with Crippen molar-refractivity contribution in [3.8, 4) is 5.75 Å². The number of nitrogens with zero attached hydrogens (tertiary/aromatic N) is 2. The molecule has 1 unspecified atom stereocenters. The lowest BCUT2D eigenvalue weighted by Crippen LogP contribution is -2.56. The van der Waals surface area contributed by atoms with Gasteiger partial charge < -0.3 is 15.4 Å². The number of hydrogen-bond donors (Lipinski definition) is 1. The van der Waals surface area contributed by atoms with Gasteiger partial charge in [-0.05, 0) is 44.3 Å². The summed E-state index contributed by atoms with van der Waals surface area (Å²) in [6.45, 7) is 2.10. The fraction of sp³-hybridized carbons (Fsp3) is 0.500. The fourth-order valence-electron chi connectivity index (χ4n) is 2.41. The predicted octanol–water partition coefficient (Wildman–Crippen LogP) is 0.691. The number of anilines is 1. The van der Waals surface area contributed by atoms with Gasteiger partial charge in [0.2, 0.25) is 5.91 Å². The molecule has 0 radical (unpaired) electrons. The van der Waals surface area contributed by atoms with Gasteiger partial charge in [-0.15, -0.1) is 0 Å². The van der Waals surface area contributed by atoms with Crippen LogP contribution in [-0.4, -0.2) is 50.6 Å². The third kappa shape index (κ3) is 2.88. The minimum absolute atomic E-state index is 0.110. The van der Waals surface area contributed by atoms with Crippen molar-refractivity contribution in [2.75, 3.05) is 38.7 Å². The van der Waals surface area contributed by atoms with Gasteiger partial charge in [-0.1, -0.05) is 0 Å². The number of nitrogens with two attached hydrogens (primary N) is 1. The number of ether oxygens (including phenoxy) is 1. The Labute approximate surface area is 113 Å². The molecule has 19 heavy (non-hydrogen) atoms. The third-order valence-corrected chi connectivity index (χ3v) is 3.58. The van der Waals surface area contributed by atoms with Crippen molar-refractivity contribution >= 4 is 11.6 Å². The van der Waals surface area contributed by atoms with Gasteiger partial charge >= 0.3 is 0 Å². The van der Waals surface area contributed by atoms with Crippen molar-refractivity contribution in [2.24, 2.45) is 5.73 Å². The van der Waals surface area contributed by atoms with Crippen LogP contribution >= 0.6 is 0 Å². The third-order valence-electron chi connectivity index (χ3n) is 3.58. The molecule has 0 saturated carbocycles. The number of benzene rings is 1. The second-order valence-electron chi connectivity index (χ2n) is 4.76. The lowest BCUT2D eigenvalue weighted by Gasteiger charge is -2.38. The van der Waals surface area contributed by atoms with E-state index in [1.807, 2.05) is 36.2 Å². The lowest BCUT2D eigenvalue weighted by molar-refractivity contribution is -0.125. The smallest absolute Gasteiger partial charge is 0.244 e. The monoisotopic (exact) mass is 263 g/mol. The number of hydrogen-bond acceptors (Lipinski definition) is 4. The topological polar surface area (TPSA) is 58.8 Å². The maximum absolute atomic E-state index is 12.5. The predicted molar refractivity (Wildman–Crippen MR) is 75.4 cm³/mol. The Kier molecular flexibility index (Phi) is 4.39. The van der Waals surface area contributed by atoms with Crippen LogP contribution in [0.15, 0.2) is 24.3 Å². The number of rotatable bonds is 4. The summed E-state index contributed by atoms with van der Waals surface area (Å²) >= 11 is 0. The number of likely N-dealkylation sites (N-methyl/N-ethyl adjacent to an activating group) is 1. The van der Waals surface area contributed by atoms with E-state index in [0.29, 0.717) is 19.5 Å². The lowest BCUT2D eigenvalue weighted by atomic mass is 10.1. The zero-order chi connectivity index (χ0) is 13.8. The molecule has 0 aliphatic carbocycles. The molecule has 5 heteroatoms. The Hall–Kier alpha value is -1.59. The summed E-state index contributed by atoms with van der Waals surface area (Å²) in [6.07, 6.45) is 0.696. The molecule has 2 N–H and O–H groups in total. The second-order valence-corrected chi connectivity index (χ2v) is 4.76. The van der Waals surface area contributed by atoms with Gasteiger partial charge in [0.25, 0.3) is 0 Å². The highest BCUT2D eigenvalue weighted by molar-refractivity contribution is 5.98. The molecule has 0 aromatic heterocycles. The number of carbonyl (C=O) groups is 1. The van der Waals surface area contributed by atoms with Crippen LogP contribution in [0, 0.1) is 0 Å². The molecule has 0 bridgehead atoms. The van der Waals surface area contributed by atoms with E-state index < -0.39 is 0 Å². The molecule has 1 aliphatic heterocycles. The molecule has 1 aromatic rings. The Bertz CT molecular complexity index is 433. The summed E-state index contributed by atoms with van der Waals surface area (Å²) in [6, 6.07) is 7.47. The first-order valence-corrected chi connectivity index (χ1v) is 6.53. The highest BCUT2D eigenvalue weighted by Crippen LogP contribution is 2.23. The summed E-state index contributed by atoms with van der Waals surface area (Å²) in [4.78, 5) is 16.4. The van der Waals surface area contributed by atoms with Gasteiger partial charge in [0.1, 0.15) is 5.75 Å². The van der Waals surface area contributed by atoms with Crippen LogP contribution in [0.25, 0.3) is 0 Å². The van der Waals surface area contributed by atoms with Crippen LogP contribution < -0.4 is 15.4 Å². The summed E-state index contributed by atoms with van der Waals surface area (Å²) in [5, 5.41) is 0. The van der Waals surface area contributed by atoms with E-state index in [0.717, 1.165) is 18.0 Å². The Morgan fingerprint density at radius 1 is 1.32 bits per heavy atom. The molecule has 1 atom stereocenters. The van der Waals surface area contributed by atoms with Crippen molar-refractivity contribution in [2.45, 2.75) is 12.5 Å². The maximum Gasteiger partial charge on any atom is 0.244 e. The van der Waals surface area contributed by atoms with Gasteiger partial charge in [0, 0.05) is 18.8 Å². The van der Waals surface area contributed by atoms with E-state index >= 15 is 0 Å². The van der Waals surface area contributed by atoms with E-state index in [1.54, 1.807) is 7.11 Å². The minimum atomic E-state index is -0.110. The molecule has 1 heterocycles. The Morgan fingerprint density at radius 3 is 2.58 bits per heavy atom. The van der Waals surface area contributed by atoms with Crippen molar-refractivity contribution < 1.29 is 9.53 Å². The average Bonchev–Trinajstić information content (AvgIpc) is 2.44. The van der Waals surface area contributed by atoms with E-state index in [4.69, 9.17) is 10.5 Å². The van der Waals surface area contributed by atoms with E-state index in [2.05, 4.69) is 4.90 Å². The number of methoxy groups -OCH3 is 1. The minimum Gasteiger partial charge on any atom is -0.497 e. The SMILES string of the molecule is COc1ccc(N2CCN(C)C(CCN)C2=O)cc1. The summed E-state index contributed by atoms with van der Waals surface area (Å²) in [7, 11) is 3.61. The fourth-order valence-corrected chi connectivity index (χ4v) is 2.41. The van der Waals surface area contributed by atoms with Crippen molar-refractivity contribution in [1.29, 1.82) is 0 Å². The second kappa shape index (κ2) is 6.04. The van der Waals surface area contributed by atoms with Gasteiger partial charge in [0.15, 0.2) is 0 Å². The van der Waals surface area contributed by atoms with Gasteiger partial charge in [-0.2, -0.15) is 0 Å². The van der Waals surface area contributed by atoms with Crippen LogP contribution in [-0.2, 0) is 4.79 Å².